The third-order valence-electron chi connectivity index (χ3n) is 3.59. The Morgan fingerprint density at radius 3 is 2.78 bits per heavy atom. The first kappa shape index (κ1) is 11.9. The van der Waals surface area contributed by atoms with Crippen molar-refractivity contribution in [2.75, 3.05) is 11.9 Å². The van der Waals surface area contributed by atoms with Gasteiger partial charge in [0.2, 0.25) is 0 Å². The number of aromatic nitrogens is 2. The van der Waals surface area contributed by atoms with E-state index in [1.54, 1.807) is 11.3 Å². The number of anilines is 1. The molecule has 96 valence electrons. The SMILES string of the molecule is CCNc1nc(C2CC2C)nc2sc(CC)cc12. The molecule has 2 aromatic heterocycles. The zero-order valence-corrected chi connectivity index (χ0v) is 12.0. The maximum absolute atomic E-state index is 4.77. The van der Waals surface area contributed by atoms with Crippen molar-refractivity contribution < 1.29 is 0 Å². The number of hydrogen-bond acceptors (Lipinski definition) is 4. The molecule has 0 amide bonds. The second kappa shape index (κ2) is 4.50. The molecular formula is C14H19N3S. The van der Waals surface area contributed by atoms with Gasteiger partial charge in [0.1, 0.15) is 16.5 Å². The van der Waals surface area contributed by atoms with E-state index in [-0.39, 0.29) is 0 Å². The lowest BCUT2D eigenvalue weighted by Gasteiger charge is -2.06. The fraction of sp³-hybridized carbons (Fsp3) is 0.571. The summed E-state index contributed by atoms with van der Waals surface area (Å²) in [6, 6.07) is 2.23. The summed E-state index contributed by atoms with van der Waals surface area (Å²) in [6.45, 7) is 7.48. The molecule has 2 heterocycles. The maximum Gasteiger partial charge on any atom is 0.138 e. The molecule has 1 aliphatic carbocycles. The van der Waals surface area contributed by atoms with Gasteiger partial charge in [0.05, 0.1) is 5.39 Å². The monoisotopic (exact) mass is 261 g/mol. The molecule has 1 N–H and O–H groups in total. The molecule has 0 aliphatic heterocycles. The van der Waals surface area contributed by atoms with Crippen LogP contribution in [0.15, 0.2) is 6.07 Å². The molecule has 0 spiro atoms. The van der Waals surface area contributed by atoms with E-state index in [0.29, 0.717) is 5.92 Å². The second-order valence-electron chi connectivity index (χ2n) is 5.07. The topological polar surface area (TPSA) is 37.8 Å². The summed E-state index contributed by atoms with van der Waals surface area (Å²) >= 11 is 1.81. The van der Waals surface area contributed by atoms with Crippen LogP contribution in [0, 0.1) is 5.92 Å². The third kappa shape index (κ3) is 1.99. The van der Waals surface area contributed by atoms with Crippen molar-refractivity contribution in [1.82, 2.24) is 9.97 Å². The highest BCUT2D eigenvalue weighted by molar-refractivity contribution is 7.18. The van der Waals surface area contributed by atoms with Gasteiger partial charge in [-0.05, 0) is 31.7 Å². The van der Waals surface area contributed by atoms with Gasteiger partial charge in [-0.3, -0.25) is 0 Å². The van der Waals surface area contributed by atoms with Gasteiger partial charge >= 0.3 is 0 Å². The maximum atomic E-state index is 4.77. The number of nitrogens with zero attached hydrogens (tertiary/aromatic N) is 2. The Balaban J connectivity index is 2.10. The van der Waals surface area contributed by atoms with Crippen LogP contribution in [0.5, 0.6) is 0 Å². The van der Waals surface area contributed by atoms with Crippen molar-refractivity contribution in [3.63, 3.8) is 0 Å². The highest BCUT2D eigenvalue weighted by atomic mass is 32.1. The molecule has 2 atom stereocenters. The number of thiophene rings is 1. The first-order valence-corrected chi connectivity index (χ1v) is 7.58. The molecule has 0 radical (unpaired) electrons. The van der Waals surface area contributed by atoms with Gasteiger partial charge in [-0.1, -0.05) is 13.8 Å². The van der Waals surface area contributed by atoms with Gasteiger partial charge in [0.15, 0.2) is 0 Å². The van der Waals surface area contributed by atoms with Crippen molar-refractivity contribution in [2.24, 2.45) is 5.92 Å². The summed E-state index contributed by atoms with van der Waals surface area (Å²) in [4.78, 5) is 12.0. The quantitative estimate of drug-likeness (QED) is 0.909. The largest absolute Gasteiger partial charge is 0.370 e. The van der Waals surface area contributed by atoms with Gasteiger partial charge in [-0.25, -0.2) is 9.97 Å². The van der Waals surface area contributed by atoms with Crippen LogP contribution in [-0.2, 0) is 6.42 Å². The zero-order chi connectivity index (χ0) is 12.7. The molecule has 3 rings (SSSR count). The number of fused-ring (bicyclic) bond motifs is 1. The molecule has 18 heavy (non-hydrogen) atoms. The molecule has 0 aromatic carbocycles. The van der Waals surface area contributed by atoms with Crippen molar-refractivity contribution in [3.8, 4) is 0 Å². The summed E-state index contributed by atoms with van der Waals surface area (Å²) in [5.41, 5.74) is 0. The number of rotatable bonds is 4. The molecule has 1 saturated carbocycles. The van der Waals surface area contributed by atoms with Crippen LogP contribution < -0.4 is 5.32 Å². The smallest absolute Gasteiger partial charge is 0.138 e. The van der Waals surface area contributed by atoms with Crippen LogP contribution in [0.4, 0.5) is 5.82 Å². The van der Waals surface area contributed by atoms with E-state index >= 15 is 0 Å². The normalized spacial score (nSPS) is 22.4. The summed E-state index contributed by atoms with van der Waals surface area (Å²) < 4.78 is 0. The van der Waals surface area contributed by atoms with E-state index in [2.05, 4.69) is 32.2 Å². The lowest BCUT2D eigenvalue weighted by atomic mass is 10.2. The molecule has 1 aliphatic rings. The van der Waals surface area contributed by atoms with E-state index in [1.165, 1.54) is 16.7 Å². The van der Waals surface area contributed by atoms with Crippen LogP contribution in [0.25, 0.3) is 10.2 Å². The first-order valence-electron chi connectivity index (χ1n) is 6.77. The summed E-state index contributed by atoms with van der Waals surface area (Å²) in [5.74, 6) is 3.39. The Labute approximate surface area is 112 Å². The molecule has 4 heteroatoms. The Morgan fingerprint density at radius 1 is 1.39 bits per heavy atom. The van der Waals surface area contributed by atoms with Crippen LogP contribution in [0.2, 0.25) is 0 Å². The lowest BCUT2D eigenvalue weighted by Crippen LogP contribution is -2.03. The van der Waals surface area contributed by atoms with E-state index in [0.717, 1.165) is 35.4 Å². The highest BCUT2D eigenvalue weighted by Crippen LogP contribution is 2.46. The van der Waals surface area contributed by atoms with E-state index in [9.17, 15) is 0 Å². The average molecular weight is 261 g/mol. The molecule has 3 nitrogen and oxygen atoms in total. The molecule has 0 bridgehead atoms. The van der Waals surface area contributed by atoms with Gasteiger partial charge in [-0.2, -0.15) is 0 Å². The predicted molar refractivity (Wildman–Crippen MR) is 77.5 cm³/mol. The van der Waals surface area contributed by atoms with Crippen LogP contribution >= 0.6 is 11.3 Å². The summed E-state index contributed by atoms with van der Waals surface area (Å²) in [5, 5.41) is 4.57. The second-order valence-corrected chi connectivity index (χ2v) is 6.18. The van der Waals surface area contributed by atoms with Crippen LogP contribution in [0.1, 0.15) is 43.8 Å². The standard InChI is InChI=1S/C14H19N3S/c1-4-9-7-11-12(15-5-2)16-13(10-6-8(10)3)17-14(11)18-9/h7-8,10H,4-6H2,1-3H3,(H,15,16,17). The fourth-order valence-electron chi connectivity index (χ4n) is 2.31. The van der Waals surface area contributed by atoms with E-state index in [1.807, 2.05) is 0 Å². The number of aryl methyl sites for hydroxylation is 1. The van der Waals surface area contributed by atoms with Crippen LogP contribution in [-0.4, -0.2) is 16.5 Å². The minimum Gasteiger partial charge on any atom is -0.370 e. The average Bonchev–Trinajstić information content (AvgIpc) is 2.94. The predicted octanol–water partition coefficient (Wildman–Crippen LogP) is 3.81. The van der Waals surface area contributed by atoms with Crippen molar-refractivity contribution in [2.45, 2.75) is 39.5 Å². The van der Waals surface area contributed by atoms with Crippen molar-refractivity contribution in [3.05, 3.63) is 16.8 Å². The number of nitrogens with one attached hydrogen (secondary N) is 1. The highest BCUT2D eigenvalue weighted by Gasteiger charge is 2.37. The fourth-order valence-corrected chi connectivity index (χ4v) is 3.29. The molecule has 0 saturated heterocycles. The Morgan fingerprint density at radius 2 is 2.17 bits per heavy atom. The third-order valence-corrected chi connectivity index (χ3v) is 4.77. The molecular weight excluding hydrogens is 242 g/mol. The first-order chi connectivity index (χ1) is 8.72. The number of hydrogen-bond donors (Lipinski definition) is 1. The van der Waals surface area contributed by atoms with Gasteiger partial charge in [-0.15, -0.1) is 11.3 Å². The molecule has 2 unspecified atom stereocenters. The minimum atomic E-state index is 0.582. The van der Waals surface area contributed by atoms with Crippen molar-refractivity contribution in [1.29, 1.82) is 0 Å². The Kier molecular flexibility index (Phi) is 2.98. The minimum absolute atomic E-state index is 0.582. The van der Waals surface area contributed by atoms with E-state index in [4.69, 9.17) is 9.97 Å². The summed E-state index contributed by atoms with van der Waals surface area (Å²) in [7, 11) is 0. The van der Waals surface area contributed by atoms with E-state index < -0.39 is 0 Å². The zero-order valence-electron chi connectivity index (χ0n) is 11.2. The molecule has 2 aromatic rings. The summed E-state index contributed by atoms with van der Waals surface area (Å²) in [6.07, 6.45) is 2.31. The Hall–Kier alpha value is -1.16. The van der Waals surface area contributed by atoms with Crippen LogP contribution in [0.3, 0.4) is 0 Å². The van der Waals surface area contributed by atoms with Gasteiger partial charge in [0, 0.05) is 17.3 Å². The lowest BCUT2D eigenvalue weighted by molar-refractivity contribution is 0.853. The molecule has 1 fully saturated rings. The van der Waals surface area contributed by atoms with Gasteiger partial charge < -0.3 is 5.32 Å². The Bertz CT molecular complexity index is 576. The van der Waals surface area contributed by atoms with Crippen molar-refractivity contribution >= 4 is 27.4 Å². The van der Waals surface area contributed by atoms with Gasteiger partial charge in [0.25, 0.3) is 0 Å².